The molecule has 1 nitrogen and oxygen atoms in total. The number of anilines is 1. The molecule has 0 aliphatic rings. The van der Waals surface area contributed by atoms with E-state index in [2.05, 4.69) is 5.32 Å². The van der Waals surface area contributed by atoms with Crippen LogP contribution in [0.4, 0.5) is 18.9 Å². The first-order valence-corrected chi connectivity index (χ1v) is 5.94. The van der Waals surface area contributed by atoms with E-state index in [0.29, 0.717) is 16.8 Å². The van der Waals surface area contributed by atoms with Gasteiger partial charge in [-0.2, -0.15) is 0 Å². The van der Waals surface area contributed by atoms with Gasteiger partial charge in [0.25, 0.3) is 0 Å². The number of halogens is 3. The fourth-order valence-electron chi connectivity index (χ4n) is 1.89. The molecular weight excluding hydrogens is 251 g/mol. The zero-order valence-electron chi connectivity index (χ0n) is 10.7. The molecule has 2 aromatic carbocycles. The molecule has 0 spiro atoms. The summed E-state index contributed by atoms with van der Waals surface area (Å²) >= 11 is 0. The van der Waals surface area contributed by atoms with Gasteiger partial charge in [0.05, 0.1) is 0 Å². The normalized spacial score (nSPS) is 12.3. The van der Waals surface area contributed by atoms with Crippen LogP contribution < -0.4 is 5.32 Å². The maximum absolute atomic E-state index is 13.1. The van der Waals surface area contributed by atoms with Gasteiger partial charge in [-0.3, -0.25) is 0 Å². The molecule has 0 saturated heterocycles. The Bertz CT molecular complexity index is 576. The minimum absolute atomic E-state index is 0.282. The third-order valence-electron chi connectivity index (χ3n) is 2.93. The Morgan fingerprint density at radius 2 is 1.58 bits per heavy atom. The maximum atomic E-state index is 13.1. The quantitative estimate of drug-likeness (QED) is 0.856. The lowest BCUT2D eigenvalue weighted by molar-refractivity contribution is 0.577. The first-order valence-electron chi connectivity index (χ1n) is 5.94. The number of rotatable bonds is 3. The summed E-state index contributed by atoms with van der Waals surface area (Å²) in [5.41, 5.74) is 1.72. The van der Waals surface area contributed by atoms with Crippen molar-refractivity contribution in [2.75, 3.05) is 5.32 Å². The van der Waals surface area contributed by atoms with Gasteiger partial charge >= 0.3 is 0 Å². The number of nitrogens with one attached hydrogen (secondary N) is 1. The number of hydrogen-bond acceptors (Lipinski definition) is 1. The van der Waals surface area contributed by atoms with Crippen LogP contribution in [0.1, 0.15) is 24.1 Å². The highest BCUT2D eigenvalue weighted by molar-refractivity contribution is 5.47. The average molecular weight is 265 g/mol. The van der Waals surface area contributed by atoms with Crippen LogP contribution in [0.25, 0.3) is 0 Å². The molecule has 100 valence electrons. The van der Waals surface area contributed by atoms with Crippen LogP contribution in [-0.2, 0) is 0 Å². The standard InChI is InChI=1S/C15H14F3N/c1-9-5-14(3-4-15(9)18)19-10(2)11-6-12(16)8-13(17)7-11/h3-8,10,19H,1-2H3. The van der Waals surface area contributed by atoms with Crippen molar-refractivity contribution in [3.63, 3.8) is 0 Å². The molecule has 0 fully saturated rings. The summed E-state index contributed by atoms with van der Waals surface area (Å²) in [6, 6.07) is 7.70. The Balaban J connectivity index is 2.20. The Labute approximate surface area is 110 Å². The Hall–Kier alpha value is -1.97. The molecule has 0 amide bonds. The highest BCUT2D eigenvalue weighted by Gasteiger charge is 2.09. The minimum atomic E-state index is -0.612. The summed E-state index contributed by atoms with van der Waals surface area (Å²) in [5.74, 6) is -1.51. The molecule has 1 N–H and O–H groups in total. The van der Waals surface area contributed by atoms with Crippen molar-refractivity contribution in [2.45, 2.75) is 19.9 Å². The van der Waals surface area contributed by atoms with Crippen LogP contribution in [-0.4, -0.2) is 0 Å². The van der Waals surface area contributed by atoms with E-state index >= 15 is 0 Å². The van der Waals surface area contributed by atoms with Gasteiger partial charge in [-0.05, 0) is 55.3 Å². The second-order valence-electron chi connectivity index (χ2n) is 4.53. The molecule has 0 radical (unpaired) electrons. The zero-order chi connectivity index (χ0) is 14.0. The lowest BCUT2D eigenvalue weighted by Gasteiger charge is -2.16. The SMILES string of the molecule is Cc1cc(NC(C)c2cc(F)cc(F)c2)ccc1F. The molecule has 4 heteroatoms. The van der Waals surface area contributed by atoms with E-state index in [0.717, 1.165) is 6.07 Å². The van der Waals surface area contributed by atoms with Gasteiger partial charge in [-0.15, -0.1) is 0 Å². The molecule has 1 atom stereocenters. The van der Waals surface area contributed by atoms with Crippen LogP contribution in [0.5, 0.6) is 0 Å². The van der Waals surface area contributed by atoms with Gasteiger partial charge in [0.1, 0.15) is 17.5 Å². The lowest BCUT2D eigenvalue weighted by atomic mass is 10.1. The van der Waals surface area contributed by atoms with Crippen LogP contribution >= 0.6 is 0 Å². The predicted octanol–water partition coefficient (Wildman–Crippen LogP) is 4.59. The van der Waals surface area contributed by atoms with Crippen molar-refractivity contribution in [3.05, 3.63) is 65.0 Å². The Kier molecular flexibility index (Phi) is 3.79. The molecule has 19 heavy (non-hydrogen) atoms. The summed E-state index contributed by atoms with van der Waals surface area (Å²) in [4.78, 5) is 0. The van der Waals surface area contributed by atoms with E-state index in [1.165, 1.54) is 18.2 Å². The van der Waals surface area contributed by atoms with E-state index in [1.54, 1.807) is 26.0 Å². The van der Waals surface area contributed by atoms with Crippen molar-refractivity contribution in [1.82, 2.24) is 0 Å². The monoisotopic (exact) mass is 265 g/mol. The second kappa shape index (κ2) is 5.34. The molecule has 2 rings (SSSR count). The molecule has 0 heterocycles. The van der Waals surface area contributed by atoms with E-state index in [9.17, 15) is 13.2 Å². The van der Waals surface area contributed by atoms with Gasteiger partial charge in [-0.1, -0.05) is 0 Å². The van der Waals surface area contributed by atoms with Crippen LogP contribution in [0.15, 0.2) is 36.4 Å². The average Bonchev–Trinajstić information content (AvgIpc) is 2.32. The minimum Gasteiger partial charge on any atom is -0.379 e. The van der Waals surface area contributed by atoms with Crippen LogP contribution in [0.3, 0.4) is 0 Å². The van der Waals surface area contributed by atoms with Gasteiger partial charge < -0.3 is 5.32 Å². The fourth-order valence-corrected chi connectivity index (χ4v) is 1.89. The van der Waals surface area contributed by atoms with E-state index in [4.69, 9.17) is 0 Å². The van der Waals surface area contributed by atoms with Crippen LogP contribution in [0, 0.1) is 24.4 Å². The molecule has 0 saturated carbocycles. The smallest absolute Gasteiger partial charge is 0.126 e. The summed E-state index contributed by atoms with van der Waals surface area (Å²) in [5, 5.41) is 3.08. The molecule has 0 aliphatic carbocycles. The zero-order valence-corrected chi connectivity index (χ0v) is 10.7. The van der Waals surface area contributed by atoms with E-state index in [-0.39, 0.29) is 11.9 Å². The van der Waals surface area contributed by atoms with E-state index in [1.807, 2.05) is 0 Å². The van der Waals surface area contributed by atoms with Crippen molar-refractivity contribution < 1.29 is 13.2 Å². The summed E-state index contributed by atoms with van der Waals surface area (Å²) < 4.78 is 39.4. The van der Waals surface area contributed by atoms with E-state index < -0.39 is 11.6 Å². The fraction of sp³-hybridized carbons (Fsp3) is 0.200. The third kappa shape index (κ3) is 3.28. The van der Waals surface area contributed by atoms with Gasteiger partial charge in [0.2, 0.25) is 0 Å². The molecule has 1 unspecified atom stereocenters. The maximum Gasteiger partial charge on any atom is 0.126 e. The van der Waals surface area contributed by atoms with Gasteiger partial charge in [0, 0.05) is 17.8 Å². The summed E-state index contributed by atoms with van der Waals surface area (Å²) in [6.07, 6.45) is 0. The first-order chi connectivity index (χ1) is 8.95. The molecule has 0 aromatic heterocycles. The Morgan fingerprint density at radius 1 is 0.947 bits per heavy atom. The summed E-state index contributed by atoms with van der Waals surface area (Å²) in [7, 11) is 0. The molecule has 0 aliphatic heterocycles. The number of aryl methyl sites for hydroxylation is 1. The Morgan fingerprint density at radius 3 is 2.16 bits per heavy atom. The van der Waals surface area contributed by atoms with Crippen LogP contribution in [0.2, 0.25) is 0 Å². The third-order valence-corrected chi connectivity index (χ3v) is 2.93. The highest BCUT2D eigenvalue weighted by Crippen LogP contribution is 2.22. The molecule has 2 aromatic rings. The summed E-state index contributed by atoms with van der Waals surface area (Å²) in [6.45, 7) is 3.44. The first kappa shape index (κ1) is 13.5. The predicted molar refractivity (Wildman–Crippen MR) is 69.5 cm³/mol. The highest BCUT2D eigenvalue weighted by atomic mass is 19.1. The topological polar surface area (TPSA) is 12.0 Å². The van der Waals surface area contributed by atoms with Crippen molar-refractivity contribution in [3.8, 4) is 0 Å². The van der Waals surface area contributed by atoms with Gasteiger partial charge in [0.15, 0.2) is 0 Å². The molecular formula is C15H14F3N. The van der Waals surface area contributed by atoms with Crippen molar-refractivity contribution >= 4 is 5.69 Å². The molecule has 0 bridgehead atoms. The lowest BCUT2D eigenvalue weighted by Crippen LogP contribution is -2.07. The number of benzene rings is 2. The van der Waals surface area contributed by atoms with Crippen molar-refractivity contribution in [2.24, 2.45) is 0 Å². The van der Waals surface area contributed by atoms with Gasteiger partial charge in [-0.25, -0.2) is 13.2 Å². The number of hydrogen-bond donors (Lipinski definition) is 1. The second-order valence-corrected chi connectivity index (χ2v) is 4.53. The largest absolute Gasteiger partial charge is 0.379 e. The van der Waals surface area contributed by atoms with Crippen molar-refractivity contribution in [1.29, 1.82) is 0 Å².